The first kappa shape index (κ1) is 18.3. The van der Waals surface area contributed by atoms with Crippen LogP contribution in [0, 0.1) is 0 Å². The molecular weight excluding hydrogens is 350 g/mol. The minimum absolute atomic E-state index is 0.176. The number of halogens is 1. The SMILES string of the molecule is CN(C)C(=O)c1ccc(NC(=O)c2ccc(N3CCCC3)cc2)cc1Cl. The molecule has 136 valence electrons. The minimum atomic E-state index is -0.208. The van der Waals surface area contributed by atoms with E-state index in [-0.39, 0.29) is 11.8 Å². The van der Waals surface area contributed by atoms with Crippen LogP contribution in [0.25, 0.3) is 0 Å². The molecule has 0 radical (unpaired) electrons. The number of rotatable bonds is 4. The molecule has 0 bridgehead atoms. The van der Waals surface area contributed by atoms with Crippen LogP contribution in [0.3, 0.4) is 0 Å². The molecule has 1 heterocycles. The quantitative estimate of drug-likeness (QED) is 0.886. The average molecular weight is 372 g/mol. The van der Waals surface area contributed by atoms with Crippen molar-refractivity contribution in [3.05, 3.63) is 58.6 Å². The van der Waals surface area contributed by atoms with Gasteiger partial charge in [0, 0.05) is 44.1 Å². The van der Waals surface area contributed by atoms with Gasteiger partial charge in [-0.15, -0.1) is 0 Å². The first-order valence-electron chi connectivity index (χ1n) is 8.63. The van der Waals surface area contributed by atoms with Gasteiger partial charge in [0.1, 0.15) is 0 Å². The lowest BCUT2D eigenvalue weighted by molar-refractivity contribution is 0.0827. The van der Waals surface area contributed by atoms with E-state index in [9.17, 15) is 9.59 Å². The maximum Gasteiger partial charge on any atom is 0.255 e. The molecule has 2 aromatic carbocycles. The number of amides is 2. The molecule has 0 unspecified atom stereocenters. The molecule has 0 saturated carbocycles. The van der Waals surface area contributed by atoms with E-state index in [1.54, 1.807) is 32.3 Å². The molecule has 3 rings (SSSR count). The van der Waals surface area contributed by atoms with Crippen LogP contribution in [0.15, 0.2) is 42.5 Å². The number of benzene rings is 2. The Kier molecular flexibility index (Phi) is 5.47. The predicted molar refractivity (Wildman–Crippen MR) is 105 cm³/mol. The van der Waals surface area contributed by atoms with Gasteiger partial charge >= 0.3 is 0 Å². The summed E-state index contributed by atoms with van der Waals surface area (Å²) in [6.45, 7) is 2.14. The van der Waals surface area contributed by atoms with Crippen LogP contribution >= 0.6 is 11.6 Å². The number of hydrogen-bond acceptors (Lipinski definition) is 3. The standard InChI is InChI=1S/C20H22ClN3O2/c1-23(2)20(26)17-10-7-15(13-18(17)21)22-19(25)14-5-8-16(9-6-14)24-11-3-4-12-24/h5-10,13H,3-4,11-12H2,1-2H3,(H,22,25). The molecule has 6 heteroatoms. The van der Waals surface area contributed by atoms with Crippen LogP contribution in [0.1, 0.15) is 33.6 Å². The third-order valence-electron chi connectivity index (χ3n) is 4.46. The van der Waals surface area contributed by atoms with Crippen molar-refractivity contribution in [2.24, 2.45) is 0 Å². The van der Waals surface area contributed by atoms with Crippen LogP contribution < -0.4 is 10.2 Å². The summed E-state index contributed by atoms with van der Waals surface area (Å²) in [6, 6.07) is 12.5. The van der Waals surface area contributed by atoms with Crippen molar-refractivity contribution in [2.45, 2.75) is 12.8 Å². The molecule has 1 fully saturated rings. The highest BCUT2D eigenvalue weighted by molar-refractivity contribution is 6.34. The molecule has 1 aliphatic heterocycles. The number of nitrogens with zero attached hydrogens (tertiary/aromatic N) is 2. The highest BCUT2D eigenvalue weighted by atomic mass is 35.5. The van der Waals surface area contributed by atoms with Crippen molar-refractivity contribution in [1.29, 1.82) is 0 Å². The van der Waals surface area contributed by atoms with E-state index in [1.807, 2.05) is 24.3 Å². The molecule has 2 amide bonds. The lowest BCUT2D eigenvalue weighted by Gasteiger charge is -2.17. The van der Waals surface area contributed by atoms with Crippen molar-refractivity contribution < 1.29 is 9.59 Å². The number of hydrogen-bond donors (Lipinski definition) is 1. The largest absolute Gasteiger partial charge is 0.372 e. The second-order valence-electron chi connectivity index (χ2n) is 6.59. The number of nitrogens with one attached hydrogen (secondary N) is 1. The molecule has 0 atom stereocenters. The Balaban J connectivity index is 1.69. The van der Waals surface area contributed by atoms with Gasteiger partial charge in [0.25, 0.3) is 11.8 Å². The molecule has 1 saturated heterocycles. The van der Waals surface area contributed by atoms with Crippen molar-refractivity contribution in [3.8, 4) is 0 Å². The van der Waals surface area contributed by atoms with Gasteiger partial charge in [-0.05, 0) is 55.3 Å². The highest BCUT2D eigenvalue weighted by Crippen LogP contribution is 2.24. The van der Waals surface area contributed by atoms with Crippen molar-refractivity contribution >= 4 is 34.8 Å². The Morgan fingerprint density at radius 2 is 1.69 bits per heavy atom. The predicted octanol–water partition coefficient (Wildman–Crippen LogP) is 3.89. The molecular formula is C20H22ClN3O2. The van der Waals surface area contributed by atoms with Crippen molar-refractivity contribution in [2.75, 3.05) is 37.4 Å². The third-order valence-corrected chi connectivity index (χ3v) is 4.78. The summed E-state index contributed by atoms with van der Waals surface area (Å²) in [5.74, 6) is -0.383. The Hall–Kier alpha value is -2.53. The van der Waals surface area contributed by atoms with E-state index in [4.69, 9.17) is 11.6 Å². The van der Waals surface area contributed by atoms with E-state index in [0.717, 1.165) is 18.8 Å². The average Bonchev–Trinajstić information content (AvgIpc) is 3.16. The van der Waals surface area contributed by atoms with E-state index < -0.39 is 0 Å². The van der Waals surface area contributed by atoms with Crippen LogP contribution in [-0.2, 0) is 0 Å². The van der Waals surface area contributed by atoms with Gasteiger partial charge in [-0.2, -0.15) is 0 Å². The summed E-state index contributed by atoms with van der Waals surface area (Å²) >= 11 is 6.19. The monoisotopic (exact) mass is 371 g/mol. The molecule has 5 nitrogen and oxygen atoms in total. The van der Waals surface area contributed by atoms with Gasteiger partial charge in [0.15, 0.2) is 0 Å². The van der Waals surface area contributed by atoms with Crippen LogP contribution in [0.4, 0.5) is 11.4 Å². The normalized spacial score (nSPS) is 13.6. The molecule has 0 aromatic heterocycles. The second kappa shape index (κ2) is 7.79. The number of anilines is 2. The fraction of sp³-hybridized carbons (Fsp3) is 0.300. The van der Waals surface area contributed by atoms with Gasteiger partial charge in [-0.25, -0.2) is 0 Å². The molecule has 0 spiro atoms. The van der Waals surface area contributed by atoms with E-state index in [1.165, 1.54) is 17.7 Å². The van der Waals surface area contributed by atoms with Gasteiger partial charge in [-0.1, -0.05) is 11.6 Å². The highest BCUT2D eigenvalue weighted by Gasteiger charge is 2.15. The lowest BCUT2D eigenvalue weighted by Crippen LogP contribution is -2.22. The first-order chi connectivity index (χ1) is 12.5. The fourth-order valence-corrected chi connectivity index (χ4v) is 3.27. The molecule has 1 aliphatic rings. The summed E-state index contributed by atoms with van der Waals surface area (Å²) in [5, 5.41) is 3.13. The van der Waals surface area contributed by atoms with Crippen molar-refractivity contribution in [1.82, 2.24) is 4.90 Å². The second-order valence-corrected chi connectivity index (χ2v) is 7.00. The molecule has 26 heavy (non-hydrogen) atoms. The van der Waals surface area contributed by atoms with Gasteiger partial charge in [0.05, 0.1) is 10.6 Å². The molecule has 1 N–H and O–H groups in total. The van der Waals surface area contributed by atoms with Crippen LogP contribution in [0.2, 0.25) is 5.02 Å². The van der Waals surface area contributed by atoms with Crippen LogP contribution in [-0.4, -0.2) is 43.9 Å². The van der Waals surface area contributed by atoms with E-state index >= 15 is 0 Å². The van der Waals surface area contributed by atoms with E-state index in [2.05, 4.69) is 10.2 Å². The summed E-state index contributed by atoms with van der Waals surface area (Å²) in [5.41, 5.74) is 2.69. The zero-order valence-electron chi connectivity index (χ0n) is 15.0. The Morgan fingerprint density at radius 3 is 2.27 bits per heavy atom. The molecule has 2 aromatic rings. The zero-order chi connectivity index (χ0) is 18.7. The van der Waals surface area contributed by atoms with Gasteiger partial charge in [-0.3, -0.25) is 9.59 Å². The Bertz CT molecular complexity index is 812. The van der Waals surface area contributed by atoms with Gasteiger partial charge in [0.2, 0.25) is 0 Å². The minimum Gasteiger partial charge on any atom is -0.372 e. The lowest BCUT2D eigenvalue weighted by atomic mass is 10.1. The Morgan fingerprint density at radius 1 is 1.04 bits per heavy atom. The summed E-state index contributed by atoms with van der Waals surface area (Å²) in [7, 11) is 3.33. The first-order valence-corrected chi connectivity index (χ1v) is 9.01. The summed E-state index contributed by atoms with van der Waals surface area (Å²) < 4.78 is 0. The van der Waals surface area contributed by atoms with Gasteiger partial charge < -0.3 is 15.1 Å². The fourth-order valence-electron chi connectivity index (χ4n) is 3.01. The summed E-state index contributed by atoms with van der Waals surface area (Å²) in [6.07, 6.45) is 2.44. The zero-order valence-corrected chi connectivity index (χ0v) is 15.7. The summed E-state index contributed by atoms with van der Waals surface area (Å²) in [4.78, 5) is 28.2. The van der Waals surface area contributed by atoms with Crippen molar-refractivity contribution in [3.63, 3.8) is 0 Å². The topological polar surface area (TPSA) is 52.7 Å². The number of carbonyl (C=O) groups is 2. The Labute approximate surface area is 158 Å². The maximum atomic E-state index is 12.4. The smallest absolute Gasteiger partial charge is 0.255 e. The molecule has 0 aliphatic carbocycles. The van der Waals surface area contributed by atoms with Crippen LogP contribution in [0.5, 0.6) is 0 Å². The third kappa shape index (κ3) is 3.99. The number of carbonyl (C=O) groups excluding carboxylic acids is 2. The van der Waals surface area contributed by atoms with E-state index in [0.29, 0.717) is 21.8 Å². The maximum absolute atomic E-state index is 12.4.